The van der Waals surface area contributed by atoms with E-state index in [4.69, 9.17) is 9.52 Å². The molecule has 0 bridgehead atoms. The third-order valence-electron chi connectivity index (χ3n) is 3.75. The number of benzene rings is 1. The van der Waals surface area contributed by atoms with Crippen molar-refractivity contribution in [3.05, 3.63) is 65.6 Å². The highest BCUT2D eigenvalue weighted by atomic mass is 16.4. The van der Waals surface area contributed by atoms with Crippen LogP contribution in [0.25, 0.3) is 6.08 Å². The Bertz CT molecular complexity index is 584. The maximum atomic E-state index is 9.06. The van der Waals surface area contributed by atoms with Gasteiger partial charge in [-0.3, -0.25) is 4.90 Å². The van der Waals surface area contributed by atoms with Gasteiger partial charge in [0.1, 0.15) is 18.1 Å². The van der Waals surface area contributed by atoms with E-state index in [1.54, 1.807) is 0 Å². The van der Waals surface area contributed by atoms with Crippen molar-refractivity contribution in [3.63, 3.8) is 0 Å². The molecule has 0 atom stereocenters. The van der Waals surface area contributed by atoms with Crippen molar-refractivity contribution in [2.75, 3.05) is 6.54 Å². The van der Waals surface area contributed by atoms with E-state index in [0.29, 0.717) is 11.8 Å². The summed E-state index contributed by atoms with van der Waals surface area (Å²) in [7, 11) is 0. The van der Waals surface area contributed by atoms with E-state index >= 15 is 0 Å². The highest BCUT2D eigenvalue weighted by molar-refractivity contribution is 5.48. The van der Waals surface area contributed by atoms with Crippen LogP contribution < -0.4 is 0 Å². The van der Waals surface area contributed by atoms with E-state index in [9.17, 15) is 0 Å². The fraction of sp³-hybridized carbons (Fsp3) is 0.333. The van der Waals surface area contributed by atoms with E-state index in [1.807, 2.05) is 18.2 Å². The van der Waals surface area contributed by atoms with Gasteiger partial charge in [0.15, 0.2) is 0 Å². The van der Waals surface area contributed by atoms with E-state index in [2.05, 4.69) is 41.3 Å². The number of hydrogen-bond donors (Lipinski definition) is 1. The second-order valence-corrected chi connectivity index (χ2v) is 5.50. The molecule has 1 saturated carbocycles. The Kier molecular flexibility index (Phi) is 4.53. The van der Waals surface area contributed by atoms with E-state index in [0.717, 1.165) is 18.8 Å². The zero-order valence-corrected chi connectivity index (χ0v) is 12.1. The van der Waals surface area contributed by atoms with Crippen LogP contribution in [0.2, 0.25) is 0 Å². The normalized spacial score (nSPS) is 15.1. The van der Waals surface area contributed by atoms with Crippen LogP contribution in [0.3, 0.4) is 0 Å². The number of nitrogens with zero attached hydrogens (tertiary/aromatic N) is 1. The predicted molar refractivity (Wildman–Crippen MR) is 83.5 cm³/mol. The van der Waals surface area contributed by atoms with Gasteiger partial charge in [-0.2, -0.15) is 0 Å². The first-order valence-corrected chi connectivity index (χ1v) is 7.49. The summed E-state index contributed by atoms with van der Waals surface area (Å²) in [5.74, 6) is 1.57. The highest BCUT2D eigenvalue weighted by Crippen LogP contribution is 2.28. The molecule has 1 aliphatic carbocycles. The Morgan fingerprint density at radius 3 is 2.52 bits per heavy atom. The summed E-state index contributed by atoms with van der Waals surface area (Å²) >= 11 is 0. The number of hydrogen-bond acceptors (Lipinski definition) is 3. The topological polar surface area (TPSA) is 36.6 Å². The van der Waals surface area contributed by atoms with E-state index < -0.39 is 0 Å². The summed E-state index contributed by atoms with van der Waals surface area (Å²) in [5, 5.41) is 9.06. The Morgan fingerprint density at radius 1 is 1.10 bits per heavy atom. The average molecular weight is 283 g/mol. The lowest BCUT2D eigenvalue weighted by Gasteiger charge is -2.18. The second-order valence-electron chi connectivity index (χ2n) is 5.50. The average Bonchev–Trinajstić information content (AvgIpc) is 3.27. The third kappa shape index (κ3) is 4.06. The summed E-state index contributed by atoms with van der Waals surface area (Å²) in [6.07, 6.45) is 6.92. The second kappa shape index (κ2) is 6.74. The van der Waals surface area contributed by atoms with Gasteiger partial charge in [0.25, 0.3) is 0 Å². The van der Waals surface area contributed by atoms with Gasteiger partial charge in [0, 0.05) is 12.6 Å². The SMILES string of the molecule is OCc1ccc(CN(CC=Cc2ccccc2)C2CC2)o1. The van der Waals surface area contributed by atoms with Crippen molar-refractivity contribution >= 4 is 6.08 Å². The van der Waals surface area contributed by atoms with Crippen molar-refractivity contribution in [1.82, 2.24) is 4.90 Å². The Hall–Kier alpha value is -1.84. The lowest BCUT2D eigenvalue weighted by Crippen LogP contribution is -2.25. The standard InChI is InChI=1S/C18H21NO2/c20-14-18-11-10-17(21-18)13-19(16-8-9-16)12-4-7-15-5-2-1-3-6-15/h1-7,10-11,16,20H,8-9,12-14H2. The van der Waals surface area contributed by atoms with Crippen molar-refractivity contribution in [2.24, 2.45) is 0 Å². The van der Waals surface area contributed by atoms with Crippen LogP contribution in [0.15, 0.2) is 53.0 Å². The maximum absolute atomic E-state index is 9.06. The summed E-state index contributed by atoms with van der Waals surface area (Å²) in [4.78, 5) is 2.43. The van der Waals surface area contributed by atoms with Gasteiger partial charge in [0.05, 0.1) is 6.54 Å². The van der Waals surface area contributed by atoms with Gasteiger partial charge in [-0.15, -0.1) is 0 Å². The van der Waals surface area contributed by atoms with Gasteiger partial charge in [0.2, 0.25) is 0 Å². The summed E-state index contributed by atoms with van der Waals surface area (Å²) < 4.78 is 5.59. The molecule has 1 aliphatic rings. The molecule has 1 aromatic heterocycles. The van der Waals surface area contributed by atoms with Crippen LogP contribution in [-0.4, -0.2) is 22.6 Å². The molecule has 0 aliphatic heterocycles. The molecule has 3 heteroatoms. The van der Waals surface area contributed by atoms with Gasteiger partial charge in [-0.25, -0.2) is 0 Å². The van der Waals surface area contributed by atoms with Crippen LogP contribution in [-0.2, 0) is 13.2 Å². The number of aliphatic hydroxyl groups excluding tert-OH is 1. The van der Waals surface area contributed by atoms with Crippen molar-refractivity contribution in [2.45, 2.75) is 32.0 Å². The molecule has 110 valence electrons. The molecule has 1 aromatic carbocycles. The molecule has 0 amide bonds. The summed E-state index contributed by atoms with van der Waals surface area (Å²) in [6, 6.07) is 14.8. The van der Waals surface area contributed by atoms with Crippen LogP contribution in [0.1, 0.15) is 29.9 Å². The molecular weight excluding hydrogens is 262 g/mol. The molecular formula is C18H21NO2. The lowest BCUT2D eigenvalue weighted by molar-refractivity contribution is 0.224. The smallest absolute Gasteiger partial charge is 0.129 e. The minimum absolute atomic E-state index is 0.0304. The first-order valence-electron chi connectivity index (χ1n) is 7.49. The summed E-state index contributed by atoms with van der Waals surface area (Å²) in [5.41, 5.74) is 1.23. The number of rotatable bonds is 7. The number of furan rings is 1. The minimum atomic E-state index is -0.0304. The van der Waals surface area contributed by atoms with Crippen LogP contribution in [0.5, 0.6) is 0 Å². The van der Waals surface area contributed by atoms with Crippen LogP contribution >= 0.6 is 0 Å². The van der Waals surface area contributed by atoms with E-state index in [1.165, 1.54) is 18.4 Å². The highest BCUT2D eigenvalue weighted by Gasteiger charge is 2.28. The zero-order chi connectivity index (χ0) is 14.5. The van der Waals surface area contributed by atoms with E-state index in [-0.39, 0.29) is 6.61 Å². The Labute approximate surface area is 125 Å². The fourth-order valence-electron chi connectivity index (χ4n) is 2.46. The molecule has 21 heavy (non-hydrogen) atoms. The molecule has 2 aromatic rings. The molecule has 0 saturated heterocycles. The quantitative estimate of drug-likeness (QED) is 0.845. The molecule has 0 spiro atoms. The third-order valence-corrected chi connectivity index (χ3v) is 3.75. The number of aliphatic hydroxyl groups is 1. The fourth-order valence-corrected chi connectivity index (χ4v) is 2.46. The Morgan fingerprint density at radius 2 is 1.86 bits per heavy atom. The Balaban J connectivity index is 1.58. The molecule has 1 fully saturated rings. The first-order chi connectivity index (χ1) is 10.3. The minimum Gasteiger partial charge on any atom is -0.462 e. The van der Waals surface area contributed by atoms with Crippen molar-refractivity contribution in [1.29, 1.82) is 0 Å². The molecule has 1 N–H and O–H groups in total. The molecule has 0 unspecified atom stereocenters. The van der Waals surface area contributed by atoms with Crippen LogP contribution in [0, 0.1) is 0 Å². The largest absolute Gasteiger partial charge is 0.462 e. The maximum Gasteiger partial charge on any atom is 0.129 e. The van der Waals surface area contributed by atoms with Gasteiger partial charge in [-0.1, -0.05) is 42.5 Å². The lowest BCUT2D eigenvalue weighted by atomic mass is 10.2. The molecule has 3 nitrogen and oxygen atoms in total. The molecule has 3 rings (SSSR count). The van der Waals surface area contributed by atoms with Crippen LogP contribution in [0.4, 0.5) is 0 Å². The summed E-state index contributed by atoms with van der Waals surface area (Å²) in [6.45, 7) is 1.70. The predicted octanol–water partition coefficient (Wildman–Crippen LogP) is 3.45. The molecule has 0 radical (unpaired) electrons. The van der Waals surface area contributed by atoms with Gasteiger partial charge in [-0.05, 0) is 30.5 Å². The van der Waals surface area contributed by atoms with Crippen molar-refractivity contribution in [3.8, 4) is 0 Å². The van der Waals surface area contributed by atoms with Gasteiger partial charge < -0.3 is 9.52 Å². The monoisotopic (exact) mass is 283 g/mol. The zero-order valence-electron chi connectivity index (χ0n) is 12.1. The molecule has 1 heterocycles. The first kappa shape index (κ1) is 14.1. The van der Waals surface area contributed by atoms with Gasteiger partial charge >= 0.3 is 0 Å². The van der Waals surface area contributed by atoms with Crippen molar-refractivity contribution < 1.29 is 9.52 Å².